The lowest BCUT2D eigenvalue weighted by atomic mass is 10.1. The zero-order valence-electron chi connectivity index (χ0n) is 13.3. The van der Waals surface area contributed by atoms with Gasteiger partial charge in [0.2, 0.25) is 0 Å². The van der Waals surface area contributed by atoms with Crippen LogP contribution in [0.4, 0.5) is 0 Å². The van der Waals surface area contributed by atoms with Crippen molar-refractivity contribution in [3.05, 3.63) is 22.7 Å². The van der Waals surface area contributed by atoms with E-state index in [1.54, 1.807) is 14.2 Å². The minimum Gasteiger partial charge on any atom is -0.493 e. The molecule has 22 heavy (non-hydrogen) atoms. The summed E-state index contributed by atoms with van der Waals surface area (Å²) in [5.74, 6) is 1.26. The molecule has 0 spiro atoms. The molecule has 3 rings (SSSR count). The van der Waals surface area contributed by atoms with Crippen molar-refractivity contribution in [2.45, 2.75) is 18.7 Å². The Bertz CT molecular complexity index is 540. The summed E-state index contributed by atoms with van der Waals surface area (Å²) in [6.07, 6.45) is 0.303. The number of hydrogen-bond donors (Lipinski definition) is 0. The first-order valence-electron chi connectivity index (χ1n) is 7.57. The molecule has 0 amide bonds. The van der Waals surface area contributed by atoms with Gasteiger partial charge in [0.15, 0.2) is 11.5 Å². The molecule has 2 aliphatic heterocycles. The summed E-state index contributed by atoms with van der Waals surface area (Å²) in [5, 5.41) is 0.631. The molecule has 0 unspecified atom stereocenters. The van der Waals surface area contributed by atoms with Crippen molar-refractivity contribution in [2.24, 2.45) is 0 Å². The van der Waals surface area contributed by atoms with Gasteiger partial charge < -0.3 is 14.2 Å². The molecule has 2 saturated heterocycles. The highest BCUT2D eigenvalue weighted by Crippen LogP contribution is 2.38. The van der Waals surface area contributed by atoms with Gasteiger partial charge in [0.05, 0.1) is 32.0 Å². The third-order valence-corrected chi connectivity index (χ3v) is 5.03. The predicted octanol–water partition coefficient (Wildman–Crippen LogP) is 1.87. The Morgan fingerprint density at radius 3 is 2.77 bits per heavy atom. The standard InChI is InChI=1S/C16H23ClN2O3/c1-18-6-7-22-14-10-19(9-12(14)18)8-11-4-5-13(20-2)16(21-3)15(11)17/h4-5,12,14H,6-10H2,1-3H3/t12-,14-/m1/s1. The minimum atomic E-state index is 0.303. The summed E-state index contributed by atoms with van der Waals surface area (Å²) in [5.41, 5.74) is 1.06. The van der Waals surface area contributed by atoms with Gasteiger partial charge in [-0.05, 0) is 18.7 Å². The molecule has 0 bridgehead atoms. The second-order valence-corrected chi connectivity index (χ2v) is 6.30. The third-order valence-electron chi connectivity index (χ3n) is 4.61. The number of fused-ring (bicyclic) bond motifs is 1. The number of hydrogen-bond acceptors (Lipinski definition) is 5. The number of methoxy groups -OCH3 is 2. The Balaban J connectivity index is 1.74. The van der Waals surface area contributed by atoms with Crippen LogP contribution in [0.1, 0.15) is 5.56 Å². The quantitative estimate of drug-likeness (QED) is 0.844. The van der Waals surface area contributed by atoms with Crippen molar-refractivity contribution < 1.29 is 14.2 Å². The topological polar surface area (TPSA) is 34.2 Å². The van der Waals surface area contributed by atoms with Crippen molar-refractivity contribution in [1.82, 2.24) is 9.80 Å². The van der Waals surface area contributed by atoms with Gasteiger partial charge in [-0.25, -0.2) is 0 Å². The molecular weight excluding hydrogens is 304 g/mol. The number of likely N-dealkylation sites (N-methyl/N-ethyl adjacent to an activating group) is 1. The maximum absolute atomic E-state index is 6.48. The number of halogens is 1. The largest absolute Gasteiger partial charge is 0.493 e. The smallest absolute Gasteiger partial charge is 0.179 e. The summed E-state index contributed by atoms with van der Waals surface area (Å²) in [6, 6.07) is 4.40. The number of likely N-dealkylation sites (tertiary alicyclic amines) is 1. The maximum Gasteiger partial charge on any atom is 0.179 e. The predicted molar refractivity (Wildman–Crippen MR) is 86.0 cm³/mol. The van der Waals surface area contributed by atoms with Crippen LogP contribution < -0.4 is 9.47 Å². The molecule has 2 fully saturated rings. The van der Waals surface area contributed by atoms with E-state index in [2.05, 4.69) is 16.8 Å². The lowest BCUT2D eigenvalue weighted by Gasteiger charge is -2.33. The van der Waals surface area contributed by atoms with Crippen LogP contribution in [0.2, 0.25) is 5.02 Å². The van der Waals surface area contributed by atoms with E-state index in [1.807, 2.05) is 12.1 Å². The Hall–Kier alpha value is -1.01. The zero-order valence-corrected chi connectivity index (χ0v) is 14.1. The van der Waals surface area contributed by atoms with Gasteiger partial charge in [-0.1, -0.05) is 17.7 Å². The van der Waals surface area contributed by atoms with Crippen LogP contribution in [0.3, 0.4) is 0 Å². The molecule has 6 heteroatoms. The second-order valence-electron chi connectivity index (χ2n) is 5.93. The molecule has 0 aromatic heterocycles. The monoisotopic (exact) mass is 326 g/mol. The van der Waals surface area contributed by atoms with Crippen LogP contribution in [0, 0.1) is 0 Å². The molecule has 0 saturated carbocycles. The van der Waals surface area contributed by atoms with E-state index in [0.29, 0.717) is 28.7 Å². The number of morpholine rings is 1. The molecule has 0 aliphatic carbocycles. The molecular formula is C16H23ClN2O3. The summed E-state index contributed by atoms with van der Waals surface area (Å²) < 4.78 is 16.5. The lowest BCUT2D eigenvalue weighted by molar-refractivity contribution is -0.0370. The van der Waals surface area contributed by atoms with Crippen molar-refractivity contribution in [2.75, 3.05) is 47.5 Å². The highest BCUT2D eigenvalue weighted by molar-refractivity contribution is 6.33. The van der Waals surface area contributed by atoms with Crippen LogP contribution >= 0.6 is 11.6 Å². The number of nitrogens with zero attached hydrogens (tertiary/aromatic N) is 2. The van der Waals surface area contributed by atoms with E-state index in [4.69, 9.17) is 25.8 Å². The van der Waals surface area contributed by atoms with Crippen LogP contribution in [0.5, 0.6) is 11.5 Å². The fourth-order valence-electron chi connectivity index (χ4n) is 3.36. The van der Waals surface area contributed by atoms with E-state index in [0.717, 1.165) is 38.3 Å². The third kappa shape index (κ3) is 2.91. The maximum atomic E-state index is 6.48. The lowest BCUT2D eigenvalue weighted by Crippen LogP contribution is -2.48. The molecule has 1 aromatic rings. The minimum absolute atomic E-state index is 0.303. The fourth-order valence-corrected chi connectivity index (χ4v) is 3.65. The van der Waals surface area contributed by atoms with Crippen molar-refractivity contribution in [3.63, 3.8) is 0 Å². The Kier molecular flexibility index (Phi) is 4.78. The van der Waals surface area contributed by atoms with Crippen molar-refractivity contribution in [3.8, 4) is 11.5 Å². The summed E-state index contributed by atoms with van der Waals surface area (Å²) in [7, 11) is 5.40. The van der Waals surface area contributed by atoms with Gasteiger partial charge in [-0.2, -0.15) is 0 Å². The first-order chi connectivity index (χ1) is 10.6. The molecule has 122 valence electrons. The molecule has 0 N–H and O–H groups in total. The van der Waals surface area contributed by atoms with Crippen LogP contribution in [-0.4, -0.2) is 69.5 Å². The van der Waals surface area contributed by atoms with Crippen molar-refractivity contribution in [1.29, 1.82) is 0 Å². The number of ether oxygens (including phenoxy) is 3. The van der Waals surface area contributed by atoms with Gasteiger partial charge in [0, 0.05) is 32.2 Å². The Morgan fingerprint density at radius 1 is 1.27 bits per heavy atom. The fraction of sp³-hybridized carbons (Fsp3) is 0.625. The summed E-state index contributed by atoms with van der Waals surface area (Å²) in [6.45, 7) is 4.57. The molecule has 2 atom stereocenters. The average molecular weight is 327 g/mol. The van der Waals surface area contributed by atoms with Gasteiger partial charge in [0.1, 0.15) is 0 Å². The molecule has 2 heterocycles. The highest BCUT2D eigenvalue weighted by atomic mass is 35.5. The van der Waals surface area contributed by atoms with Gasteiger partial charge >= 0.3 is 0 Å². The van der Waals surface area contributed by atoms with Crippen molar-refractivity contribution >= 4 is 11.6 Å². The first-order valence-corrected chi connectivity index (χ1v) is 7.95. The normalized spacial score (nSPS) is 26.0. The van der Waals surface area contributed by atoms with E-state index >= 15 is 0 Å². The van der Waals surface area contributed by atoms with Crippen LogP contribution in [-0.2, 0) is 11.3 Å². The highest BCUT2D eigenvalue weighted by Gasteiger charge is 2.38. The Labute approximate surface area is 136 Å². The van der Waals surface area contributed by atoms with Crippen LogP contribution in [0.15, 0.2) is 12.1 Å². The molecule has 5 nitrogen and oxygen atoms in total. The van der Waals surface area contributed by atoms with E-state index in [9.17, 15) is 0 Å². The van der Waals surface area contributed by atoms with Gasteiger partial charge in [-0.15, -0.1) is 0 Å². The number of rotatable bonds is 4. The molecule has 0 radical (unpaired) electrons. The van der Waals surface area contributed by atoms with E-state index < -0.39 is 0 Å². The molecule has 2 aliphatic rings. The Morgan fingerprint density at radius 2 is 2.09 bits per heavy atom. The molecule has 1 aromatic carbocycles. The summed E-state index contributed by atoms with van der Waals surface area (Å²) in [4.78, 5) is 4.79. The van der Waals surface area contributed by atoms with Crippen LogP contribution in [0.25, 0.3) is 0 Å². The summed E-state index contributed by atoms with van der Waals surface area (Å²) >= 11 is 6.48. The second kappa shape index (κ2) is 6.62. The number of benzene rings is 1. The SMILES string of the molecule is COc1ccc(CN2C[C@@H]3[C@@H](C2)OCCN3C)c(Cl)c1OC. The average Bonchev–Trinajstić information content (AvgIpc) is 2.93. The zero-order chi connectivity index (χ0) is 15.7. The first kappa shape index (κ1) is 15.9. The van der Waals surface area contributed by atoms with Gasteiger partial charge in [0.25, 0.3) is 0 Å². The van der Waals surface area contributed by atoms with E-state index in [-0.39, 0.29) is 0 Å². The van der Waals surface area contributed by atoms with E-state index in [1.165, 1.54) is 0 Å². The van der Waals surface area contributed by atoms with Gasteiger partial charge in [-0.3, -0.25) is 9.80 Å².